The number of aryl methyl sites for hydroxylation is 1. The second-order valence-corrected chi connectivity index (χ2v) is 5.49. The lowest BCUT2D eigenvalue weighted by molar-refractivity contribution is 0.860. The standard InChI is InChI=1S/C15H14BrN5/c1-10-17-9-13(21(10)2)14-12(16)8-18-15(20-14)19-11-6-4-3-5-7-11/h3-9H,1-2H3,(H,18,19,20). The molecule has 3 rings (SSSR count). The minimum absolute atomic E-state index is 0.554. The van der Waals surface area contributed by atoms with Crippen LogP contribution in [-0.4, -0.2) is 19.5 Å². The zero-order valence-electron chi connectivity index (χ0n) is 11.7. The maximum Gasteiger partial charge on any atom is 0.227 e. The number of nitrogens with one attached hydrogen (secondary N) is 1. The third-order valence-corrected chi connectivity index (χ3v) is 3.82. The smallest absolute Gasteiger partial charge is 0.227 e. The van der Waals surface area contributed by atoms with Gasteiger partial charge in [-0.15, -0.1) is 0 Å². The van der Waals surface area contributed by atoms with Gasteiger partial charge in [0.2, 0.25) is 5.95 Å². The number of anilines is 2. The summed E-state index contributed by atoms with van der Waals surface area (Å²) in [7, 11) is 1.97. The molecular weight excluding hydrogens is 330 g/mol. The summed E-state index contributed by atoms with van der Waals surface area (Å²) in [5.41, 5.74) is 2.70. The summed E-state index contributed by atoms with van der Waals surface area (Å²) >= 11 is 3.50. The predicted octanol–water partition coefficient (Wildman–Crippen LogP) is 3.69. The van der Waals surface area contributed by atoms with Crippen LogP contribution in [0, 0.1) is 6.92 Å². The van der Waals surface area contributed by atoms with Crippen molar-refractivity contribution in [3.05, 3.63) is 53.0 Å². The number of imidazole rings is 1. The highest BCUT2D eigenvalue weighted by Gasteiger charge is 2.12. The van der Waals surface area contributed by atoms with Gasteiger partial charge in [-0.3, -0.25) is 0 Å². The first-order chi connectivity index (χ1) is 10.1. The quantitative estimate of drug-likeness (QED) is 0.787. The highest BCUT2D eigenvalue weighted by Crippen LogP contribution is 2.27. The van der Waals surface area contributed by atoms with Crippen LogP contribution in [0.25, 0.3) is 11.4 Å². The van der Waals surface area contributed by atoms with Crippen molar-refractivity contribution >= 4 is 27.6 Å². The fourth-order valence-corrected chi connectivity index (χ4v) is 2.37. The molecule has 0 saturated carbocycles. The number of benzene rings is 1. The van der Waals surface area contributed by atoms with Crippen LogP contribution in [0.2, 0.25) is 0 Å². The molecule has 0 spiro atoms. The first-order valence-electron chi connectivity index (χ1n) is 6.48. The number of rotatable bonds is 3. The van der Waals surface area contributed by atoms with Gasteiger partial charge in [0.25, 0.3) is 0 Å². The van der Waals surface area contributed by atoms with Gasteiger partial charge in [0.05, 0.1) is 16.4 Å². The van der Waals surface area contributed by atoms with E-state index in [1.807, 2.05) is 55.1 Å². The zero-order chi connectivity index (χ0) is 14.8. The molecule has 0 radical (unpaired) electrons. The highest BCUT2D eigenvalue weighted by molar-refractivity contribution is 9.10. The molecule has 5 nitrogen and oxygen atoms in total. The summed E-state index contributed by atoms with van der Waals surface area (Å²) in [5.74, 6) is 1.49. The molecule has 1 aromatic carbocycles. The molecule has 106 valence electrons. The fraction of sp³-hybridized carbons (Fsp3) is 0.133. The number of aromatic nitrogens is 4. The van der Waals surface area contributed by atoms with Crippen LogP contribution in [0.15, 0.2) is 47.2 Å². The molecule has 0 unspecified atom stereocenters. The van der Waals surface area contributed by atoms with Crippen LogP contribution in [0.1, 0.15) is 5.82 Å². The van der Waals surface area contributed by atoms with Crippen LogP contribution in [-0.2, 0) is 7.05 Å². The number of para-hydroxylation sites is 1. The summed E-state index contributed by atoms with van der Waals surface area (Å²) in [6.45, 7) is 1.96. The molecule has 3 aromatic rings. The number of halogens is 1. The lowest BCUT2D eigenvalue weighted by Crippen LogP contribution is -2.01. The molecular formula is C15H14BrN5. The minimum atomic E-state index is 0.554. The van der Waals surface area contributed by atoms with Gasteiger partial charge < -0.3 is 9.88 Å². The molecule has 0 aliphatic carbocycles. The normalized spacial score (nSPS) is 10.6. The van der Waals surface area contributed by atoms with E-state index in [-0.39, 0.29) is 0 Å². The first kappa shape index (κ1) is 13.8. The Morgan fingerprint density at radius 3 is 2.52 bits per heavy atom. The van der Waals surface area contributed by atoms with E-state index in [9.17, 15) is 0 Å². The van der Waals surface area contributed by atoms with E-state index < -0.39 is 0 Å². The van der Waals surface area contributed by atoms with E-state index >= 15 is 0 Å². The second-order valence-electron chi connectivity index (χ2n) is 4.63. The van der Waals surface area contributed by atoms with Gasteiger partial charge >= 0.3 is 0 Å². The van der Waals surface area contributed by atoms with E-state index in [4.69, 9.17) is 0 Å². The van der Waals surface area contributed by atoms with E-state index in [0.29, 0.717) is 5.95 Å². The Labute approximate surface area is 131 Å². The van der Waals surface area contributed by atoms with Crippen LogP contribution in [0.5, 0.6) is 0 Å². The Morgan fingerprint density at radius 1 is 1.10 bits per heavy atom. The molecule has 2 heterocycles. The van der Waals surface area contributed by atoms with Gasteiger partial charge in [-0.05, 0) is 35.0 Å². The van der Waals surface area contributed by atoms with Crippen LogP contribution >= 0.6 is 15.9 Å². The van der Waals surface area contributed by atoms with Crippen molar-refractivity contribution in [2.45, 2.75) is 6.92 Å². The second kappa shape index (κ2) is 5.65. The summed E-state index contributed by atoms with van der Waals surface area (Å²) in [5, 5.41) is 3.19. The molecule has 6 heteroatoms. The molecule has 0 bridgehead atoms. The predicted molar refractivity (Wildman–Crippen MR) is 86.4 cm³/mol. The Morgan fingerprint density at radius 2 is 1.86 bits per heavy atom. The van der Waals surface area contributed by atoms with Crippen LogP contribution in [0.4, 0.5) is 11.6 Å². The Bertz CT molecular complexity index is 767. The molecule has 0 fully saturated rings. The monoisotopic (exact) mass is 343 g/mol. The molecule has 0 amide bonds. The third kappa shape index (κ3) is 2.80. The molecule has 0 saturated heterocycles. The van der Waals surface area contributed by atoms with E-state index in [2.05, 4.69) is 36.2 Å². The van der Waals surface area contributed by atoms with Crippen molar-refractivity contribution in [1.29, 1.82) is 0 Å². The van der Waals surface area contributed by atoms with Crippen molar-refractivity contribution in [2.24, 2.45) is 7.05 Å². The highest BCUT2D eigenvalue weighted by atomic mass is 79.9. The van der Waals surface area contributed by atoms with Crippen LogP contribution < -0.4 is 5.32 Å². The Balaban J connectivity index is 1.99. The lowest BCUT2D eigenvalue weighted by atomic mass is 10.3. The topological polar surface area (TPSA) is 55.6 Å². The lowest BCUT2D eigenvalue weighted by Gasteiger charge is -2.09. The zero-order valence-corrected chi connectivity index (χ0v) is 13.3. The van der Waals surface area contributed by atoms with Gasteiger partial charge in [0.15, 0.2) is 0 Å². The SMILES string of the molecule is Cc1ncc(-c2nc(Nc3ccccc3)ncc2Br)n1C. The van der Waals surface area contributed by atoms with Crippen molar-refractivity contribution in [3.8, 4) is 11.4 Å². The summed E-state index contributed by atoms with van der Waals surface area (Å²) in [6.07, 6.45) is 3.56. The molecule has 21 heavy (non-hydrogen) atoms. The maximum atomic E-state index is 4.58. The van der Waals surface area contributed by atoms with Gasteiger partial charge in [-0.1, -0.05) is 18.2 Å². The van der Waals surface area contributed by atoms with Crippen molar-refractivity contribution < 1.29 is 0 Å². The van der Waals surface area contributed by atoms with E-state index in [1.54, 1.807) is 6.20 Å². The summed E-state index contributed by atoms with van der Waals surface area (Å²) in [4.78, 5) is 13.2. The fourth-order valence-electron chi connectivity index (χ4n) is 1.98. The third-order valence-electron chi connectivity index (χ3n) is 3.24. The van der Waals surface area contributed by atoms with Gasteiger partial charge in [0.1, 0.15) is 11.5 Å². The van der Waals surface area contributed by atoms with Crippen molar-refractivity contribution in [1.82, 2.24) is 19.5 Å². The van der Waals surface area contributed by atoms with E-state index in [0.717, 1.165) is 27.4 Å². The number of nitrogens with zero attached hydrogens (tertiary/aromatic N) is 4. The average Bonchev–Trinajstić information content (AvgIpc) is 2.82. The van der Waals surface area contributed by atoms with E-state index in [1.165, 1.54) is 0 Å². The van der Waals surface area contributed by atoms with Crippen molar-refractivity contribution in [3.63, 3.8) is 0 Å². The number of hydrogen-bond acceptors (Lipinski definition) is 4. The summed E-state index contributed by atoms with van der Waals surface area (Å²) in [6, 6.07) is 9.84. The maximum absolute atomic E-state index is 4.58. The largest absolute Gasteiger partial charge is 0.330 e. The van der Waals surface area contributed by atoms with Gasteiger partial charge in [-0.2, -0.15) is 0 Å². The average molecular weight is 344 g/mol. The first-order valence-corrected chi connectivity index (χ1v) is 7.28. The molecule has 0 aliphatic rings. The molecule has 0 aliphatic heterocycles. The van der Waals surface area contributed by atoms with Crippen LogP contribution in [0.3, 0.4) is 0 Å². The van der Waals surface area contributed by atoms with Gasteiger partial charge in [0, 0.05) is 18.9 Å². The van der Waals surface area contributed by atoms with Crippen molar-refractivity contribution in [2.75, 3.05) is 5.32 Å². The van der Waals surface area contributed by atoms with Gasteiger partial charge in [-0.25, -0.2) is 15.0 Å². The molecule has 2 aromatic heterocycles. The Hall–Kier alpha value is -2.21. The minimum Gasteiger partial charge on any atom is -0.330 e. The molecule has 0 atom stereocenters. The molecule has 1 N–H and O–H groups in total. The Kier molecular flexibility index (Phi) is 3.70. The summed E-state index contributed by atoms with van der Waals surface area (Å²) < 4.78 is 2.84. The number of hydrogen-bond donors (Lipinski definition) is 1.